The average Bonchev–Trinajstić information content (AvgIpc) is 2.53. The van der Waals surface area contributed by atoms with Gasteiger partial charge in [-0.25, -0.2) is 4.79 Å². The summed E-state index contributed by atoms with van der Waals surface area (Å²) in [6.07, 6.45) is 0. The van der Waals surface area contributed by atoms with E-state index in [1.807, 2.05) is 0 Å². The summed E-state index contributed by atoms with van der Waals surface area (Å²) in [5.74, 6) is -1.87. The second-order valence-electron chi connectivity index (χ2n) is 2.88. The van der Waals surface area contributed by atoms with Gasteiger partial charge in [0.1, 0.15) is 6.61 Å². The lowest BCUT2D eigenvalue weighted by Crippen LogP contribution is -2.00. The molecule has 0 fully saturated rings. The number of benzene rings is 1. The van der Waals surface area contributed by atoms with E-state index in [1.165, 1.54) is 0 Å². The van der Waals surface area contributed by atoms with Gasteiger partial charge in [-0.2, -0.15) is 4.39 Å². The summed E-state index contributed by atoms with van der Waals surface area (Å²) in [5.41, 5.74) is -0.713. The third kappa shape index (κ3) is 1.33. The van der Waals surface area contributed by atoms with Gasteiger partial charge in [-0.05, 0) is 0 Å². The van der Waals surface area contributed by atoms with Crippen molar-refractivity contribution in [3.8, 4) is 0 Å². The minimum atomic E-state index is -1.14. The third-order valence-electron chi connectivity index (χ3n) is 2.05. The molecular formula is C8H3ClFNO4. The van der Waals surface area contributed by atoms with Crippen molar-refractivity contribution in [3.63, 3.8) is 0 Å². The van der Waals surface area contributed by atoms with Crippen LogP contribution >= 0.6 is 11.6 Å². The molecule has 1 aliphatic heterocycles. The van der Waals surface area contributed by atoms with Crippen molar-refractivity contribution in [2.75, 3.05) is 0 Å². The van der Waals surface area contributed by atoms with Crippen LogP contribution < -0.4 is 0 Å². The van der Waals surface area contributed by atoms with Crippen molar-refractivity contribution in [2.24, 2.45) is 0 Å². The Morgan fingerprint density at radius 2 is 2.27 bits per heavy atom. The number of carbonyl (C=O) groups is 1. The summed E-state index contributed by atoms with van der Waals surface area (Å²) in [4.78, 5) is 20.6. The number of esters is 1. The first-order chi connectivity index (χ1) is 7.02. The van der Waals surface area contributed by atoms with E-state index in [4.69, 9.17) is 11.6 Å². The Balaban J connectivity index is 2.74. The summed E-state index contributed by atoms with van der Waals surface area (Å²) in [6.45, 7) is -0.151. The number of ether oxygens (including phenoxy) is 1. The topological polar surface area (TPSA) is 69.4 Å². The molecule has 7 heteroatoms. The van der Waals surface area contributed by atoms with Crippen LogP contribution in [0.15, 0.2) is 6.07 Å². The van der Waals surface area contributed by atoms with Crippen molar-refractivity contribution >= 4 is 23.3 Å². The molecule has 0 saturated carbocycles. The quantitative estimate of drug-likeness (QED) is 0.421. The minimum absolute atomic E-state index is 0.0481. The smallest absolute Gasteiger partial charge is 0.339 e. The van der Waals surface area contributed by atoms with Gasteiger partial charge in [-0.1, -0.05) is 11.6 Å². The van der Waals surface area contributed by atoms with Gasteiger partial charge in [0.2, 0.25) is 5.82 Å². The van der Waals surface area contributed by atoms with E-state index in [9.17, 15) is 19.3 Å². The maximum absolute atomic E-state index is 13.3. The lowest BCUT2D eigenvalue weighted by atomic mass is 10.1. The zero-order valence-corrected chi connectivity index (χ0v) is 7.88. The molecule has 0 aromatic heterocycles. The average molecular weight is 232 g/mol. The Morgan fingerprint density at radius 1 is 1.60 bits per heavy atom. The summed E-state index contributed by atoms with van der Waals surface area (Å²) >= 11 is 5.54. The molecule has 1 aromatic rings. The Labute approximate surface area is 87.6 Å². The van der Waals surface area contributed by atoms with Crippen LogP contribution in [0.4, 0.5) is 10.1 Å². The van der Waals surface area contributed by atoms with E-state index in [0.29, 0.717) is 0 Å². The van der Waals surface area contributed by atoms with Crippen molar-refractivity contribution < 1.29 is 18.8 Å². The van der Waals surface area contributed by atoms with Crippen LogP contribution in [0, 0.1) is 15.9 Å². The highest BCUT2D eigenvalue weighted by molar-refractivity contribution is 6.32. The number of hydrogen-bond acceptors (Lipinski definition) is 4. The highest BCUT2D eigenvalue weighted by atomic mass is 35.5. The largest absolute Gasteiger partial charge is 0.457 e. The maximum atomic E-state index is 13.3. The zero-order chi connectivity index (χ0) is 11.2. The highest BCUT2D eigenvalue weighted by Gasteiger charge is 2.31. The van der Waals surface area contributed by atoms with Gasteiger partial charge < -0.3 is 4.74 Å². The van der Waals surface area contributed by atoms with Gasteiger partial charge in [0.05, 0.1) is 15.5 Å². The molecule has 0 N–H and O–H groups in total. The Morgan fingerprint density at radius 3 is 2.87 bits per heavy atom. The number of nitrogens with zero attached hydrogens (tertiary/aromatic N) is 1. The molecule has 2 rings (SSSR count). The van der Waals surface area contributed by atoms with Crippen LogP contribution in [-0.4, -0.2) is 10.9 Å². The molecule has 1 aliphatic rings. The second-order valence-corrected chi connectivity index (χ2v) is 3.26. The van der Waals surface area contributed by atoms with Crippen molar-refractivity contribution in [1.29, 1.82) is 0 Å². The van der Waals surface area contributed by atoms with Crippen LogP contribution in [0.1, 0.15) is 15.9 Å². The molecule has 0 bridgehead atoms. The Bertz CT molecular complexity index is 487. The predicted octanol–water partition coefficient (Wildman–Crippen LogP) is 2.06. The molecule has 0 radical (unpaired) electrons. The van der Waals surface area contributed by atoms with E-state index in [-0.39, 0.29) is 17.7 Å². The van der Waals surface area contributed by atoms with E-state index in [1.54, 1.807) is 0 Å². The molecule has 0 amide bonds. The number of carbonyl (C=O) groups excluding carboxylic acids is 1. The molecule has 0 unspecified atom stereocenters. The molecule has 0 atom stereocenters. The van der Waals surface area contributed by atoms with Crippen molar-refractivity contribution in [1.82, 2.24) is 0 Å². The normalized spacial score (nSPS) is 13.6. The molecule has 15 heavy (non-hydrogen) atoms. The molecule has 5 nitrogen and oxygen atoms in total. The maximum Gasteiger partial charge on any atom is 0.339 e. The number of nitro groups is 1. The molecule has 0 aliphatic carbocycles. The van der Waals surface area contributed by atoms with Crippen LogP contribution in [0.3, 0.4) is 0 Å². The van der Waals surface area contributed by atoms with Gasteiger partial charge in [0.25, 0.3) is 0 Å². The number of halogens is 2. The Kier molecular flexibility index (Phi) is 2.08. The van der Waals surface area contributed by atoms with Crippen LogP contribution in [0.25, 0.3) is 0 Å². The van der Waals surface area contributed by atoms with Crippen LogP contribution in [0.2, 0.25) is 5.02 Å². The van der Waals surface area contributed by atoms with E-state index in [0.717, 1.165) is 6.07 Å². The number of fused-ring (bicyclic) bond motifs is 1. The lowest BCUT2D eigenvalue weighted by Gasteiger charge is -2.00. The first-order valence-corrected chi connectivity index (χ1v) is 4.22. The zero-order valence-electron chi connectivity index (χ0n) is 7.12. The summed E-state index contributed by atoms with van der Waals surface area (Å²) in [7, 11) is 0. The number of cyclic esters (lactones) is 1. The Hall–Kier alpha value is -1.69. The second kappa shape index (κ2) is 3.16. The molecule has 0 spiro atoms. The van der Waals surface area contributed by atoms with E-state index >= 15 is 0 Å². The minimum Gasteiger partial charge on any atom is -0.457 e. The number of hydrogen-bond donors (Lipinski definition) is 0. The standard InChI is InChI=1S/C8H3ClFNO4/c9-6-4-2-15-8(12)3(4)1-5(7(6)10)11(13)14/h1H,2H2. The van der Waals surface area contributed by atoms with Gasteiger partial charge in [-0.3, -0.25) is 10.1 Å². The van der Waals surface area contributed by atoms with Gasteiger partial charge in [-0.15, -0.1) is 0 Å². The third-order valence-corrected chi connectivity index (χ3v) is 2.45. The number of nitro benzene ring substituents is 1. The lowest BCUT2D eigenvalue weighted by molar-refractivity contribution is -0.387. The van der Waals surface area contributed by atoms with Crippen molar-refractivity contribution in [2.45, 2.75) is 6.61 Å². The van der Waals surface area contributed by atoms with Gasteiger partial charge in [0.15, 0.2) is 0 Å². The van der Waals surface area contributed by atoms with Crippen LogP contribution in [0.5, 0.6) is 0 Å². The van der Waals surface area contributed by atoms with Crippen LogP contribution in [-0.2, 0) is 11.3 Å². The molecule has 1 aromatic carbocycles. The van der Waals surface area contributed by atoms with E-state index in [2.05, 4.69) is 4.74 Å². The first kappa shape index (κ1) is 9.85. The fraction of sp³-hybridized carbons (Fsp3) is 0.125. The predicted molar refractivity (Wildman–Crippen MR) is 47.2 cm³/mol. The first-order valence-electron chi connectivity index (χ1n) is 3.84. The summed E-state index contributed by atoms with van der Waals surface area (Å²) in [5, 5.41) is 10.0. The van der Waals surface area contributed by atoms with E-state index < -0.39 is 27.4 Å². The SMILES string of the molecule is O=C1OCc2c1cc([N+](=O)[O-])c(F)c2Cl. The molecular weight excluding hydrogens is 229 g/mol. The molecule has 1 heterocycles. The van der Waals surface area contributed by atoms with Crippen molar-refractivity contribution in [3.05, 3.63) is 38.1 Å². The number of rotatable bonds is 1. The highest BCUT2D eigenvalue weighted by Crippen LogP contribution is 2.35. The molecule has 78 valence electrons. The summed E-state index contributed by atoms with van der Waals surface area (Å²) in [6, 6.07) is 0.839. The monoisotopic (exact) mass is 231 g/mol. The summed E-state index contributed by atoms with van der Waals surface area (Å²) < 4.78 is 17.9. The van der Waals surface area contributed by atoms with Gasteiger partial charge >= 0.3 is 11.7 Å². The van der Waals surface area contributed by atoms with Gasteiger partial charge in [0, 0.05) is 11.6 Å². The fourth-order valence-electron chi connectivity index (χ4n) is 1.32. The fourth-order valence-corrected chi connectivity index (χ4v) is 1.58. The molecule has 0 saturated heterocycles.